The van der Waals surface area contributed by atoms with Crippen LogP contribution in [0.25, 0.3) is 0 Å². The Balaban J connectivity index is 0.000000625. The van der Waals surface area contributed by atoms with Crippen molar-refractivity contribution < 1.29 is 32.4 Å². The number of benzene rings is 1. The third kappa shape index (κ3) is 14.2. The number of carbonyl (C=O) groups is 5. The fourth-order valence-corrected chi connectivity index (χ4v) is 9.04. The number of nitrogens with zero attached hydrogens (tertiary/aromatic N) is 1. The number of nitrogens with two attached hydrogens (primary N) is 1. The van der Waals surface area contributed by atoms with Crippen LogP contribution in [0.15, 0.2) is 24.3 Å². The van der Waals surface area contributed by atoms with Crippen LogP contribution < -0.4 is 21.7 Å². The van der Waals surface area contributed by atoms with Crippen LogP contribution in [0.3, 0.4) is 0 Å². The summed E-state index contributed by atoms with van der Waals surface area (Å²) in [4.78, 5) is 64.8. The number of likely N-dealkylation sites (tertiary alicyclic amines) is 1. The van der Waals surface area contributed by atoms with Crippen LogP contribution in [-0.4, -0.2) is 84.1 Å². The zero-order valence-electron chi connectivity index (χ0n) is 34.9. The number of aryl methyl sites for hydroxylation is 2. The molecular formula is C42H71N5O7S. The smallest absolute Gasteiger partial charge is 0.315 e. The summed E-state index contributed by atoms with van der Waals surface area (Å²) >= 11 is 0. The molecule has 1 aromatic carbocycles. The predicted octanol–water partition coefficient (Wildman–Crippen LogP) is 5.79. The van der Waals surface area contributed by atoms with Crippen LogP contribution in [0.2, 0.25) is 0 Å². The number of fused-ring (bicyclic) bond motifs is 1. The van der Waals surface area contributed by atoms with Crippen molar-refractivity contribution in [3.63, 3.8) is 0 Å². The SMILES string of the molecule is CC.CC1CCN(C(=O)CNC(=O)NC2(CS(=O)(=O)C(C)(C)C)CCCCC2)C1C(=O)NC(CC1CCC1)C(=O)C(N)=O.CCC.c1ccc2c(c1)CCC2. The molecule has 1 saturated heterocycles. The third-order valence-corrected chi connectivity index (χ3v) is 13.8. The van der Waals surface area contributed by atoms with Gasteiger partial charge in [-0.3, -0.25) is 19.2 Å². The van der Waals surface area contributed by atoms with E-state index in [4.69, 9.17) is 5.73 Å². The average Bonchev–Trinajstić information content (AvgIpc) is 3.75. The molecule has 5 amide bonds. The van der Waals surface area contributed by atoms with Gasteiger partial charge in [0.15, 0.2) is 9.84 Å². The van der Waals surface area contributed by atoms with Gasteiger partial charge in [0.2, 0.25) is 17.6 Å². The van der Waals surface area contributed by atoms with Gasteiger partial charge < -0.3 is 26.6 Å². The second-order valence-electron chi connectivity index (χ2n) is 16.5. The maximum atomic E-state index is 13.3. The minimum atomic E-state index is -3.51. The van der Waals surface area contributed by atoms with Crippen molar-refractivity contribution in [2.75, 3.05) is 18.8 Å². The number of hydrogen-bond acceptors (Lipinski definition) is 7. The number of hydrogen-bond donors (Lipinski definition) is 4. The average molecular weight is 790 g/mol. The van der Waals surface area contributed by atoms with Crippen molar-refractivity contribution in [1.29, 1.82) is 0 Å². The highest BCUT2D eigenvalue weighted by molar-refractivity contribution is 7.92. The van der Waals surface area contributed by atoms with Crippen LogP contribution in [0.5, 0.6) is 0 Å². The van der Waals surface area contributed by atoms with Crippen LogP contribution in [0.4, 0.5) is 4.79 Å². The minimum absolute atomic E-state index is 0.178. The zero-order chi connectivity index (χ0) is 41.4. The fraction of sp³-hybridized carbons (Fsp3) is 0.738. The number of carbonyl (C=O) groups excluding carboxylic acids is 5. The molecule has 55 heavy (non-hydrogen) atoms. The van der Waals surface area contributed by atoms with E-state index in [0.717, 1.165) is 38.5 Å². The first-order valence-corrected chi connectivity index (χ1v) is 22.4. The number of ketones is 1. The first-order valence-electron chi connectivity index (χ1n) is 20.7. The standard InChI is InChI=1S/C28H47N5O7S.C9H10.C3H8.C2H6/c1-18-11-14-33(22(18)25(37)31-20(23(35)24(29)36)15-19-9-8-10-19)21(34)16-30-26(38)32-28(12-6-5-7-13-28)17-41(39,40)27(2,3)4;1-2-5-9-7-3-6-8(9)4-1;1-3-2;1-2/h18-20,22H,5-17H2,1-4H3,(H2,29,36)(H,31,37)(H2,30,32,38);1-2,4-5H,3,6-7H2;3H2,1-2H3;1-2H3. The van der Waals surface area contributed by atoms with Gasteiger partial charge in [0, 0.05) is 6.54 Å². The van der Waals surface area contributed by atoms with E-state index in [2.05, 4.69) is 54.1 Å². The number of nitrogens with one attached hydrogen (secondary N) is 3. The largest absolute Gasteiger partial charge is 0.363 e. The number of sulfone groups is 1. The molecular weight excluding hydrogens is 719 g/mol. The molecule has 1 heterocycles. The Morgan fingerprint density at radius 3 is 1.96 bits per heavy atom. The van der Waals surface area contributed by atoms with Crippen LogP contribution >= 0.6 is 0 Å². The summed E-state index contributed by atoms with van der Waals surface area (Å²) in [7, 11) is -3.51. The molecule has 0 radical (unpaired) electrons. The summed E-state index contributed by atoms with van der Waals surface area (Å²) in [6.45, 7) is 14.9. The summed E-state index contributed by atoms with van der Waals surface area (Å²) < 4.78 is 25.0. The maximum absolute atomic E-state index is 13.3. The molecule has 3 unspecified atom stereocenters. The maximum Gasteiger partial charge on any atom is 0.315 e. The summed E-state index contributed by atoms with van der Waals surface area (Å²) in [5.74, 6) is -3.10. The highest BCUT2D eigenvalue weighted by Gasteiger charge is 2.44. The molecule has 3 atom stereocenters. The normalized spacial score (nSPS) is 20.6. The molecule has 13 heteroatoms. The quantitative estimate of drug-likeness (QED) is 0.205. The third-order valence-electron chi connectivity index (χ3n) is 11.0. The van der Waals surface area contributed by atoms with E-state index in [1.54, 1.807) is 31.9 Å². The molecule has 312 valence electrons. The summed E-state index contributed by atoms with van der Waals surface area (Å²) in [6, 6.07) is 6.21. The molecule has 5 rings (SSSR count). The summed E-state index contributed by atoms with van der Waals surface area (Å²) in [6.07, 6.45) is 12.6. The predicted molar refractivity (Wildman–Crippen MR) is 219 cm³/mol. The zero-order valence-corrected chi connectivity index (χ0v) is 35.7. The van der Waals surface area contributed by atoms with E-state index in [1.807, 2.05) is 20.8 Å². The number of primary amides is 1. The van der Waals surface area contributed by atoms with Crippen molar-refractivity contribution in [2.45, 2.75) is 168 Å². The number of Topliss-reactive ketones (excluding diaryl/α,β-unsaturated/α-hetero) is 1. The molecule has 3 aliphatic carbocycles. The Hall–Kier alpha value is -3.48. The second kappa shape index (κ2) is 22.3. The van der Waals surface area contributed by atoms with E-state index in [1.165, 1.54) is 30.6 Å². The van der Waals surface area contributed by atoms with E-state index < -0.39 is 61.7 Å². The Labute approximate surface area is 331 Å². The minimum Gasteiger partial charge on any atom is -0.363 e. The highest BCUT2D eigenvalue weighted by Crippen LogP contribution is 2.33. The van der Waals surface area contributed by atoms with Crippen LogP contribution in [0.1, 0.15) is 144 Å². The molecule has 0 spiro atoms. The van der Waals surface area contributed by atoms with Crippen LogP contribution in [0, 0.1) is 11.8 Å². The fourth-order valence-electron chi connectivity index (χ4n) is 7.52. The number of amides is 5. The molecule has 0 aromatic heterocycles. The van der Waals surface area contributed by atoms with Gasteiger partial charge >= 0.3 is 6.03 Å². The lowest BCUT2D eigenvalue weighted by Crippen LogP contribution is -2.59. The van der Waals surface area contributed by atoms with Crippen LogP contribution in [-0.2, 0) is 41.9 Å². The Kier molecular flexibility index (Phi) is 19.3. The highest BCUT2D eigenvalue weighted by atomic mass is 32.2. The molecule has 1 aliphatic heterocycles. The molecule has 1 aromatic rings. The lowest BCUT2D eigenvalue weighted by molar-refractivity contribution is -0.141. The van der Waals surface area contributed by atoms with Crippen molar-refractivity contribution >= 4 is 39.4 Å². The molecule has 0 bridgehead atoms. The van der Waals surface area contributed by atoms with Gasteiger partial charge in [-0.25, -0.2) is 13.2 Å². The Bertz CT molecular complexity index is 1510. The topological polar surface area (TPSA) is 185 Å². The number of urea groups is 1. The van der Waals surface area contributed by atoms with Gasteiger partial charge in [-0.1, -0.05) is 104 Å². The Morgan fingerprint density at radius 1 is 0.909 bits per heavy atom. The van der Waals surface area contributed by atoms with E-state index in [0.29, 0.717) is 32.2 Å². The first kappa shape index (κ1) is 47.7. The summed E-state index contributed by atoms with van der Waals surface area (Å²) in [5.41, 5.74) is 7.44. The van der Waals surface area contributed by atoms with Crippen molar-refractivity contribution in [1.82, 2.24) is 20.9 Å². The first-order chi connectivity index (χ1) is 25.9. The monoisotopic (exact) mass is 790 g/mol. The van der Waals surface area contributed by atoms with Crippen molar-refractivity contribution in [3.8, 4) is 0 Å². The van der Waals surface area contributed by atoms with Gasteiger partial charge in [-0.15, -0.1) is 0 Å². The van der Waals surface area contributed by atoms with Gasteiger partial charge in [-0.2, -0.15) is 0 Å². The van der Waals surface area contributed by atoms with E-state index >= 15 is 0 Å². The van der Waals surface area contributed by atoms with Gasteiger partial charge in [0.25, 0.3) is 5.91 Å². The van der Waals surface area contributed by atoms with Crippen molar-refractivity contribution in [2.24, 2.45) is 17.6 Å². The molecule has 2 saturated carbocycles. The summed E-state index contributed by atoms with van der Waals surface area (Å²) in [5, 5.41) is 8.10. The molecule has 12 nitrogen and oxygen atoms in total. The second-order valence-corrected chi connectivity index (χ2v) is 19.2. The lowest BCUT2D eigenvalue weighted by Gasteiger charge is -2.39. The van der Waals surface area contributed by atoms with Gasteiger partial charge in [-0.05, 0) is 88.7 Å². The van der Waals surface area contributed by atoms with Gasteiger partial charge in [0.1, 0.15) is 6.04 Å². The number of rotatable bonds is 11. The van der Waals surface area contributed by atoms with Gasteiger partial charge in [0.05, 0.1) is 28.6 Å². The molecule has 4 aliphatic rings. The van der Waals surface area contributed by atoms with Crippen molar-refractivity contribution in [3.05, 3.63) is 35.4 Å². The lowest BCUT2D eigenvalue weighted by atomic mass is 9.80. The van der Waals surface area contributed by atoms with E-state index in [-0.39, 0.29) is 24.1 Å². The Morgan fingerprint density at radius 2 is 1.47 bits per heavy atom. The molecule has 5 N–H and O–H groups in total. The van der Waals surface area contributed by atoms with E-state index in [9.17, 15) is 32.4 Å². The molecule has 3 fully saturated rings.